The van der Waals surface area contributed by atoms with Gasteiger partial charge in [-0.25, -0.2) is 0 Å². The molecule has 1 aromatic heterocycles. The maximum absolute atomic E-state index is 13.3. The van der Waals surface area contributed by atoms with Gasteiger partial charge in [-0.2, -0.15) is 0 Å². The summed E-state index contributed by atoms with van der Waals surface area (Å²) in [5, 5.41) is 0.496. The summed E-state index contributed by atoms with van der Waals surface area (Å²) in [5.41, 5.74) is 1.58. The van der Waals surface area contributed by atoms with Crippen molar-refractivity contribution in [2.45, 2.75) is 32.7 Å². The van der Waals surface area contributed by atoms with Gasteiger partial charge in [0.2, 0.25) is 5.76 Å². The first-order valence-electron chi connectivity index (χ1n) is 9.75. The first kappa shape index (κ1) is 18.3. The highest BCUT2D eigenvalue weighted by atomic mass is 16.5. The first-order valence-corrected chi connectivity index (χ1v) is 9.75. The molecule has 1 unspecified atom stereocenters. The lowest BCUT2D eigenvalue weighted by Crippen LogP contribution is -2.30. The lowest BCUT2D eigenvalue weighted by atomic mass is 9.98. The highest BCUT2D eigenvalue weighted by Gasteiger charge is 2.42. The smallest absolute Gasteiger partial charge is 0.290 e. The van der Waals surface area contributed by atoms with Crippen molar-refractivity contribution in [3.63, 3.8) is 0 Å². The largest absolute Gasteiger partial charge is 0.494 e. The predicted molar refractivity (Wildman–Crippen MR) is 108 cm³/mol. The number of hydrogen-bond acceptors (Lipinski definition) is 4. The highest BCUT2D eigenvalue weighted by Crippen LogP contribution is 2.39. The van der Waals surface area contributed by atoms with Crippen LogP contribution in [0.15, 0.2) is 57.7 Å². The summed E-state index contributed by atoms with van der Waals surface area (Å²) < 4.78 is 11.7. The van der Waals surface area contributed by atoms with E-state index in [1.54, 1.807) is 29.2 Å². The standard InChI is InChI=1S/C23H23NO4/c1-3-12-24-20(15-8-7-9-16(14-15)27-13-4-2)19-21(25)17-10-5-6-11-18(17)28-22(19)23(24)26/h5-11,14,20H,3-4,12-13H2,1-2H3. The third kappa shape index (κ3) is 2.97. The Kier molecular flexibility index (Phi) is 4.90. The van der Waals surface area contributed by atoms with Crippen molar-refractivity contribution >= 4 is 16.9 Å². The molecule has 144 valence electrons. The summed E-state index contributed by atoms with van der Waals surface area (Å²) in [6.07, 6.45) is 1.70. The minimum atomic E-state index is -0.464. The molecular formula is C23H23NO4. The van der Waals surface area contributed by atoms with Crippen molar-refractivity contribution in [2.24, 2.45) is 0 Å². The lowest BCUT2D eigenvalue weighted by Gasteiger charge is -2.25. The summed E-state index contributed by atoms with van der Waals surface area (Å²) in [6.45, 7) is 5.23. The summed E-state index contributed by atoms with van der Waals surface area (Å²) in [7, 11) is 0. The number of para-hydroxylation sites is 1. The maximum Gasteiger partial charge on any atom is 0.290 e. The molecule has 0 spiro atoms. The van der Waals surface area contributed by atoms with Crippen molar-refractivity contribution in [1.29, 1.82) is 0 Å². The van der Waals surface area contributed by atoms with E-state index in [0.717, 1.165) is 24.2 Å². The van der Waals surface area contributed by atoms with Crippen LogP contribution >= 0.6 is 0 Å². The third-order valence-electron chi connectivity index (χ3n) is 4.98. The molecule has 1 amide bonds. The van der Waals surface area contributed by atoms with E-state index in [9.17, 15) is 9.59 Å². The van der Waals surface area contributed by atoms with Crippen LogP contribution in [0.2, 0.25) is 0 Å². The Morgan fingerprint density at radius 1 is 1.04 bits per heavy atom. The van der Waals surface area contributed by atoms with Gasteiger partial charge in [-0.05, 0) is 42.7 Å². The average Bonchev–Trinajstić information content (AvgIpc) is 2.99. The number of carbonyl (C=O) groups excluding carboxylic acids is 1. The Labute approximate surface area is 163 Å². The fourth-order valence-electron chi connectivity index (χ4n) is 3.78. The molecule has 1 atom stereocenters. The molecule has 0 N–H and O–H groups in total. The Balaban J connectivity index is 1.90. The second-order valence-corrected chi connectivity index (χ2v) is 6.99. The summed E-state index contributed by atoms with van der Waals surface area (Å²) in [5.74, 6) is 0.661. The normalized spacial score (nSPS) is 15.9. The van der Waals surface area contributed by atoms with Gasteiger partial charge in [-0.1, -0.05) is 38.1 Å². The zero-order valence-corrected chi connectivity index (χ0v) is 16.1. The van der Waals surface area contributed by atoms with Gasteiger partial charge in [0.25, 0.3) is 5.91 Å². The van der Waals surface area contributed by atoms with Crippen molar-refractivity contribution in [2.75, 3.05) is 13.2 Å². The van der Waals surface area contributed by atoms with Crippen molar-refractivity contribution in [3.05, 3.63) is 75.6 Å². The Hall–Kier alpha value is -3.08. The van der Waals surface area contributed by atoms with Crippen LogP contribution in [0.5, 0.6) is 5.75 Å². The second kappa shape index (κ2) is 7.50. The molecular weight excluding hydrogens is 354 g/mol. The topological polar surface area (TPSA) is 59.8 Å². The van der Waals surface area contributed by atoms with Crippen LogP contribution in [0.25, 0.3) is 11.0 Å². The van der Waals surface area contributed by atoms with Crippen LogP contribution in [0.1, 0.15) is 54.4 Å². The summed E-state index contributed by atoms with van der Waals surface area (Å²) in [6, 6.07) is 14.2. The molecule has 5 nitrogen and oxygen atoms in total. The van der Waals surface area contributed by atoms with Crippen LogP contribution < -0.4 is 10.2 Å². The molecule has 0 fully saturated rings. The van der Waals surface area contributed by atoms with E-state index in [0.29, 0.717) is 29.7 Å². The van der Waals surface area contributed by atoms with Gasteiger partial charge in [0.15, 0.2) is 5.43 Å². The summed E-state index contributed by atoms with van der Waals surface area (Å²) >= 11 is 0. The maximum atomic E-state index is 13.3. The zero-order chi connectivity index (χ0) is 19.7. The van der Waals surface area contributed by atoms with Gasteiger partial charge in [-0.3, -0.25) is 9.59 Å². The molecule has 0 saturated carbocycles. The van der Waals surface area contributed by atoms with Crippen LogP contribution in [0, 0.1) is 0 Å². The number of amides is 1. The van der Waals surface area contributed by atoms with Gasteiger partial charge >= 0.3 is 0 Å². The Morgan fingerprint density at radius 2 is 1.86 bits per heavy atom. The molecule has 0 saturated heterocycles. The van der Waals surface area contributed by atoms with Crippen LogP contribution in [0.4, 0.5) is 0 Å². The van der Waals surface area contributed by atoms with Gasteiger partial charge in [-0.15, -0.1) is 0 Å². The van der Waals surface area contributed by atoms with E-state index >= 15 is 0 Å². The second-order valence-electron chi connectivity index (χ2n) is 6.99. The van der Waals surface area contributed by atoms with Crippen LogP contribution in [-0.2, 0) is 0 Å². The predicted octanol–water partition coefficient (Wildman–Crippen LogP) is 4.54. The number of rotatable bonds is 6. The molecule has 4 rings (SSSR count). The van der Waals surface area contributed by atoms with E-state index in [1.807, 2.05) is 31.2 Å². The average molecular weight is 377 g/mol. The number of fused-ring (bicyclic) bond motifs is 2. The minimum Gasteiger partial charge on any atom is -0.494 e. The minimum absolute atomic E-state index is 0.145. The molecule has 0 radical (unpaired) electrons. The molecule has 0 aliphatic carbocycles. The lowest BCUT2D eigenvalue weighted by molar-refractivity contribution is 0.0728. The molecule has 2 heterocycles. The number of hydrogen-bond donors (Lipinski definition) is 0. The third-order valence-corrected chi connectivity index (χ3v) is 4.98. The van der Waals surface area contributed by atoms with E-state index in [-0.39, 0.29) is 17.1 Å². The van der Waals surface area contributed by atoms with E-state index in [1.165, 1.54) is 0 Å². The number of ether oxygens (including phenoxy) is 1. The van der Waals surface area contributed by atoms with E-state index in [2.05, 4.69) is 6.92 Å². The molecule has 28 heavy (non-hydrogen) atoms. The fourth-order valence-corrected chi connectivity index (χ4v) is 3.78. The van der Waals surface area contributed by atoms with Crippen LogP contribution in [-0.4, -0.2) is 24.0 Å². The first-order chi connectivity index (χ1) is 13.7. The number of carbonyl (C=O) groups is 1. The Morgan fingerprint density at radius 3 is 2.64 bits per heavy atom. The molecule has 2 aromatic carbocycles. The van der Waals surface area contributed by atoms with Gasteiger partial charge in [0.05, 0.1) is 23.6 Å². The fraction of sp³-hybridized carbons (Fsp3) is 0.304. The van der Waals surface area contributed by atoms with Crippen molar-refractivity contribution in [3.8, 4) is 5.75 Å². The summed E-state index contributed by atoms with van der Waals surface area (Å²) in [4.78, 5) is 28.1. The molecule has 3 aromatic rings. The number of benzene rings is 2. The van der Waals surface area contributed by atoms with Crippen molar-refractivity contribution in [1.82, 2.24) is 4.90 Å². The van der Waals surface area contributed by atoms with E-state index in [4.69, 9.17) is 9.15 Å². The SMILES string of the molecule is CCCOc1cccc(C2c3c(oc4ccccc4c3=O)C(=O)N2CCC)c1. The van der Waals surface area contributed by atoms with E-state index < -0.39 is 6.04 Å². The van der Waals surface area contributed by atoms with Gasteiger partial charge < -0.3 is 14.1 Å². The van der Waals surface area contributed by atoms with Gasteiger partial charge in [0, 0.05) is 6.54 Å². The quantitative estimate of drug-likeness (QED) is 0.633. The molecule has 5 heteroatoms. The van der Waals surface area contributed by atoms with Gasteiger partial charge in [0.1, 0.15) is 11.3 Å². The Bertz CT molecular complexity index is 1090. The molecule has 0 bridgehead atoms. The molecule has 1 aliphatic rings. The van der Waals surface area contributed by atoms with Crippen molar-refractivity contribution < 1.29 is 13.9 Å². The highest BCUT2D eigenvalue weighted by molar-refractivity contribution is 5.99. The monoisotopic (exact) mass is 377 g/mol. The zero-order valence-electron chi connectivity index (χ0n) is 16.1. The molecule has 1 aliphatic heterocycles. The number of nitrogens with zero attached hydrogens (tertiary/aromatic N) is 1. The van der Waals surface area contributed by atoms with Crippen LogP contribution in [0.3, 0.4) is 0 Å².